The number of halogens is 1. The van der Waals surface area contributed by atoms with Crippen LogP contribution in [-0.4, -0.2) is 53.3 Å². The van der Waals surface area contributed by atoms with Crippen LogP contribution in [0.3, 0.4) is 0 Å². The van der Waals surface area contributed by atoms with Gasteiger partial charge in [0.2, 0.25) is 5.91 Å². The van der Waals surface area contributed by atoms with Gasteiger partial charge >= 0.3 is 0 Å². The van der Waals surface area contributed by atoms with E-state index in [9.17, 15) is 9.59 Å². The SMILES string of the molecule is CCCC(C)(N)C(=O)N1CCN(C(=O)c2ccccc2)CC1.Cl. The second-order valence-corrected chi connectivity index (χ2v) is 6.12. The molecule has 2 amide bonds. The summed E-state index contributed by atoms with van der Waals surface area (Å²) < 4.78 is 0. The van der Waals surface area contributed by atoms with Crippen molar-refractivity contribution in [3.63, 3.8) is 0 Å². The van der Waals surface area contributed by atoms with Crippen LogP contribution in [0.1, 0.15) is 37.0 Å². The van der Waals surface area contributed by atoms with Crippen molar-refractivity contribution in [1.29, 1.82) is 0 Å². The highest BCUT2D eigenvalue weighted by Gasteiger charge is 2.34. The lowest BCUT2D eigenvalue weighted by Crippen LogP contribution is -2.58. The van der Waals surface area contributed by atoms with E-state index in [2.05, 4.69) is 0 Å². The minimum Gasteiger partial charge on any atom is -0.338 e. The molecular weight excluding hydrogens is 314 g/mol. The Labute approximate surface area is 144 Å². The highest BCUT2D eigenvalue weighted by molar-refractivity contribution is 5.94. The lowest BCUT2D eigenvalue weighted by molar-refractivity contribution is -0.138. The Morgan fingerprint density at radius 1 is 1.09 bits per heavy atom. The van der Waals surface area contributed by atoms with Gasteiger partial charge in [0, 0.05) is 31.7 Å². The first kappa shape index (κ1) is 19.5. The molecule has 1 saturated heterocycles. The van der Waals surface area contributed by atoms with E-state index in [0.717, 1.165) is 6.42 Å². The first-order valence-electron chi connectivity index (χ1n) is 7.88. The molecule has 1 unspecified atom stereocenters. The molecule has 1 atom stereocenters. The molecule has 1 aromatic carbocycles. The second-order valence-electron chi connectivity index (χ2n) is 6.12. The maximum absolute atomic E-state index is 12.5. The van der Waals surface area contributed by atoms with Crippen molar-refractivity contribution >= 4 is 24.2 Å². The van der Waals surface area contributed by atoms with E-state index in [-0.39, 0.29) is 24.2 Å². The zero-order valence-electron chi connectivity index (χ0n) is 13.8. The van der Waals surface area contributed by atoms with Crippen LogP contribution in [-0.2, 0) is 4.79 Å². The van der Waals surface area contributed by atoms with E-state index in [4.69, 9.17) is 5.73 Å². The number of piperazine rings is 1. The van der Waals surface area contributed by atoms with E-state index in [0.29, 0.717) is 38.2 Å². The lowest BCUT2D eigenvalue weighted by atomic mass is 9.95. The molecule has 128 valence electrons. The topological polar surface area (TPSA) is 66.6 Å². The van der Waals surface area contributed by atoms with Gasteiger partial charge in [-0.25, -0.2) is 0 Å². The van der Waals surface area contributed by atoms with Crippen molar-refractivity contribution in [2.24, 2.45) is 5.73 Å². The van der Waals surface area contributed by atoms with Gasteiger partial charge in [-0.05, 0) is 25.5 Å². The van der Waals surface area contributed by atoms with Crippen molar-refractivity contribution in [3.05, 3.63) is 35.9 Å². The second kappa shape index (κ2) is 8.31. The van der Waals surface area contributed by atoms with Crippen LogP contribution >= 0.6 is 12.4 Å². The number of hydrogen-bond donors (Lipinski definition) is 1. The predicted molar refractivity (Wildman–Crippen MR) is 93.7 cm³/mol. The van der Waals surface area contributed by atoms with Gasteiger partial charge < -0.3 is 15.5 Å². The van der Waals surface area contributed by atoms with Gasteiger partial charge in [0.15, 0.2) is 0 Å². The molecule has 1 heterocycles. The number of nitrogens with two attached hydrogens (primary N) is 1. The van der Waals surface area contributed by atoms with Crippen molar-refractivity contribution in [3.8, 4) is 0 Å². The molecule has 1 aliphatic rings. The van der Waals surface area contributed by atoms with E-state index in [1.54, 1.807) is 16.7 Å². The molecule has 0 bridgehead atoms. The zero-order chi connectivity index (χ0) is 16.2. The Balaban J connectivity index is 0.00000264. The molecule has 0 radical (unpaired) electrons. The summed E-state index contributed by atoms with van der Waals surface area (Å²) in [6, 6.07) is 9.24. The average Bonchev–Trinajstić information content (AvgIpc) is 2.54. The molecule has 2 rings (SSSR count). The van der Waals surface area contributed by atoms with Gasteiger partial charge in [-0.3, -0.25) is 9.59 Å². The van der Waals surface area contributed by atoms with Crippen LogP contribution in [0.25, 0.3) is 0 Å². The van der Waals surface area contributed by atoms with E-state index < -0.39 is 5.54 Å². The lowest BCUT2D eigenvalue weighted by Gasteiger charge is -2.38. The summed E-state index contributed by atoms with van der Waals surface area (Å²) in [4.78, 5) is 28.4. The monoisotopic (exact) mass is 339 g/mol. The third-order valence-electron chi connectivity index (χ3n) is 4.13. The molecule has 6 heteroatoms. The van der Waals surface area contributed by atoms with Crippen LogP contribution < -0.4 is 5.73 Å². The standard InChI is InChI=1S/C17H25N3O2.ClH/c1-3-9-17(2,18)16(22)20-12-10-19(11-13-20)15(21)14-7-5-4-6-8-14;/h4-8H,3,9-13,18H2,1-2H3;1H. The van der Waals surface area contributed by atoms with Gasteiger partial charge in [-0.15, -0.1) is 12.4 Å². The summed E-state index contributed by atoms with van der Waals surface area (Å²) in [5, 5.41) is 0. The maximum Gasteiger partial charge on any atom is 0.253 e. The fraction of sp³-hybridized carbons (Fsp3) is 0.529. The summed E-state index contributed by atoms with van der Waals surface area (Å²) in [6.07, 6.45) is 1.56. The number of carbonyl (C=O) groups is 2. The summed E-state index contributed by atoms with van der Waals surface area (Å²) >= 11 is 0. The van der Waals surface area contributed by atoms with Crippen LogP contribution in [0.2, 0.25) is 0 Å². The molecule has 0 spiro atoms. The molecule has 5 nitrogen and oxygen atoms in total. The highest BCUT2D eigenvalue weighted by Crippen LogP contribution is 2.15. The molecule has 2 N–H and O–H groups in total. The third kappa shape index (κ3) is 4.69. The van der Waals surface area contributed by atoms with E-state index in [1.807, 2.05) is 37.3 Å². The maximum atomic E-state index is 12.5. The van der Waals surface area contributed by atoms with Gasteiger partial charge in [0.25, 0.3) is 5.91 Å². The average molecular weight is 340 g/mol. The Morgan fingerprint density at radius 2 is 1.61 bits per heavy atom. The normalized spacial score (nSPS) is 17.2. The first-order chi connectivity index (χ1) is 10.5. The van der Waals surface area contributed by atoms with Gasteiger partial charge in [0.05, 0.1) is 5.54 Å². The molecule has 1 aliphatic heterocycles. The minimum atomic E-state index is -0.805. The number of hydrogen-bond acceptors (Lipinski definition) is 3. The van der Waals surface area contributed by atoms with Crippen molar-refractivity contribution < 1.29 is 9.59 Å². The Hall–Kier alpha value is -1.59. The fourth-order valence-electron chi connectivity index (χ4n) is 2.86. The Morgan fingerprint density at radius 3 is 2.13 bits per heavy atom. The zero-order valence-corrected chi connectivity index (χ0v) is 14.6. The van der Waals surface area contributed by atoms with Crippen LogP contribution in [0.4, 0.5) is 0 Å². The molecule has 23 heavy (non-hydrogen) atoms. The van der Waals surface area contributed by atoms with Crippen LogP contribution in [0.15, 0.2) is 30.3 Å². The Bertz CT molecular complexity index is 526. The quantitative estimate of drug-likeness (QED) is 0.911. The molecule has 0 aliphatic carbocycles. The van der Waals surface area contributed by atoms with E-state index >= 15 is 0 Å². The molecule has 0 saturated carbocycles. The minimum absolute atomic E-state index is 0. The molecular formula is C17H26ClN3O2. The largest absolute Gasteiger partial charge is 0.338 e. The van der Waals surface area contributed by atoms with Crippen molar-refractivity contribution in [1.82, 2.24) is 9.80 Å². The van der Waals surface area contributed by atoms with Gasteiger partial charge in [-0.1, -0.05) is 31.5 Å². The highest BCUT2D eigenvalue weighted by atomic mass is 35.5. The Kier molecular flexibility index (Phi) is 7.03. The molecule has 0 aromatic heterocycles. The van der Waals surface area contributed by atoms with E-state index in [1.165, 1.54) is 0 Å². The number of nitrogens with zero attached hydrogens (tertiary/aromatic N) is 2. The number of benzene rings is 1. The summed E-state index contributed by atoms with van der Waals surface area (Å²) in [5.41, 5.74) is 6.00. The van der Waals surface area contributed by atoms with Gasteiger partial charge in [0.1, 0.15) is 0 Å². The van der Waals surface area contributed by atoms with Crippen LogP contribution in [0.5, 0.6) is 0 Å². The molecule has 1 aromatic rings. The van der Waals surface area contributed by atoms with Crippen LogP contribution in [0, 0.1) is 0 Å². The molecule has 1 fully saturated rings. The third-order valence-corrected chi connectivity index (χ3v) is 4.13. The number of rotatable bonds is 4. The van der Waals surface area contributed by atoms with Gasteiger partial charge in [-0.2, -0.15) is 0 Å². The number of carbonyl (C=O) groups excluding carboxylic acids is 2. The fourth-order valence-corrected chi connectivity index (χ4v) is 2.86. The first-order valence-corrected chi connectivity index (χ1v) is 7.88. The summed E-state index contributed by atoms with van der Waals surface area (Å²) in [7, 11) is 0. The van der Waals surface area contributed by atoms with Crippen molar-refractivity contribution in [2.45, 2.75) is 32.2 Å². The smallest absolute Gasteiger partial charge is 0.253 e. The summed E-state index contributed by atoms with van der Waals surface area (Å²) in [6.45, 7) is 6.03. The predicted octanol–water partition coefficient (Wildman–Crippen LogP) is 1.91. The van der Waals surface area contributed by atoms with Crippen molar-refractivity contribution in [2.75, 3.05) is 26.2 Å². The number of amides is 2. The summed E-state index contributed by atoms with van der Waals surface area (Å²) in [5.74, 6) is 0.0120.